The van der Waals surface area contributed by atoms with Crippen molar-refractivity contribution in [2.75, 3.05) is 26.7 Å². The third-order valence-electron chi connectivity index (χ3n) is 9.68. The highest BCUT2D eigenvalue weighted by Gasteiger charge is 2.74. The fourth-order valence-corrected chi connectivity index (χ4v) is 7.37. The van der Waals surface area contributed by atoms with Gasteiger partial charge in [0.2, 0.25) is 11.8 Å². The molecule has 1 aromatic rings. The first-order valence-electron chi connectivity index (χ1n) is 16.6. The SMILES string of the molecule is CN1CC[C@]23c4c5ccc(O)c4O[C@H]2C(OC(=O)CCNC(=O)C(O)CC(=O)O)=CC[C@@]3(OC(=O)CCNC(=O)C(O)CC(=O)O)[C@H]1C5.O=C(O)C(F)(F)F. The first-order valence-corrected chi connectivity index (χ1v) is 16.6. The number of carboxylic acid groups (broad SMARTS) is 3. The molecule has 22 heteroatoms. The molecule has 1 fully saturated rings. The zero-order chi connectivity index (χ0) is 41.0. The Kier molecular flexibility index (Phi) is 12.7. The highest BCUT2D eigenvalue weighted by Crippen LogP contribution is 2.66. The predicted molar refractivity (Wildman–Crippen MR) is 172 cm³/mol. The molecule has 0 saturated carbocycles. The van der Waals surface area contributed by atoms with Crippen LogP contribution in [0.5, 0.6) is 11.5 Å². The summed E-state index contributed by atoms with van der Waals surface area (Å²) < 4.78 is 50.2. The Morgan fingerprint density at radius 1 is 0.945 bits per heavy atom. The molecule has 2 aliphatic carbocycles. The van der Waals surface area contributed by atoms with E-state index < -0.39 is 90.0 Å². The largest absolute Gasteiger partial charge is 0.504 e. The number of aliphatic carboxylic acids is 3. The summed E-state index contributed by atoms with van der Waals surface area (Å²) in [5.41, 5.74) is -0.841. The van der Waals surface area contributed by atoms with Crippen molar-refractivity contribution in [3.8, 4) is 11.5 Å². The van der Waals surface area contributed by atoms with E-state index in [-0.39, 0.29) is 55.7 Å². The van der Waals surface area contributed by atoms with Crippen molar-refractivity contribution >= 4 is 41.7 Å². The van der Waals surface area contributed by atoms with Crippen LogP contribution in [0, 0.1) is 0 Å². The van der Waals surface area contributed by atoms with E-state index in [1.807, 2.05) is 7.05 Å². The molecule has 2 unspecified atom stereocenters. The van der Waals surface area contributed by atoms with E-state index >= 15 is 0 Å². The molecule has 1 spiro atoms. The Balaban J connectivity index is 0.000000876. The van der Waals surface area contributed by atoms with Crippen LogP contribution in [0.3, 0.4) is 0 Å². The quantitative estimate of drug-likeness (QED) is 0.106. The molecule has 2 heterocycles. The van der Waals surface area contributed by atoms with E-state index in [9.17, 15) is 57.3 Å². The molecule has 1 aromatic carbocycles. The number of esters is 2. The van der Waals surface area contributed by atoms with Crippen LogP contribution in [0.2, 0.25) is 0 Å². The van der Waals surface area contributed by atoms with Gasteiger partial charge in [-0.1, -0.05) is 6.07 Å². The summed E-state index contributed by atoms with van der Waals surface area (Å²) in [6.07, 6.45) is -9.38. The Morgan fingerprint density at radius 2 is 1.49 bits per heavy atom. The third kappa shape index (κ3) is 8.75. The number of aromatic hydroxyl groups is 1. The number of likely N-dealkylation sites (tertiary alicyclic amines) is 1. The number of rotatable bonds is 14. The number of aliphatic hydroxyl groups is 2. The summed E-state index contributed by atoms with van der Waals surface area (Å²) >= 11 is 0. The van der Waals surface area contributed by atoms with Crippen LogP contribution in [0.4, 0.5) is 13.2 Å². The molecule has 19 nitrogen and oxygen atoms in total. The molecular weight excluding hydrogens is 751 g/mol. The number of carbonyl (C=O) groups is 7. The van der Waals surface area contributed by atoms with Crippen LogP contribution in [-0.2, 0) is 54.9 Å². The van der Waals surface area contributed by atoms with E-state index in [0.29, 0.717) is 24.9 Å². The molecule has 2 amide bonds. The van der Waals surface area contributed by atoms with Gasteiger partial charge in [-0.3, -0.25) is 33.7 Å². The normalized spacial score (nSPS) is 24.2. The number of hydrogen-bond donors (Lipinski definition) is 8. The standard InChI is InChI=1S/C31H37N3O14.C2HF3O2/c1-34-11-8-30-25-15-2-3-16(35)26(25)47-27(30)19(46-23(42)5-9-32-28(44)17(36)13-21(38)39)4-7-31(30,20(34)12-15)48-24(43)6-10-33-29(45)18(37)14-22(40)41;3-2(4,5)1(6)7/h2-4,17-18,20,27,35-37H,5-14H2,1H3,(H,32,44)(H,33,45)(H,38,39)(H,40,41);(H,6,7)/t17?,18?,20-,27+,30+,31-;/m1./s1. The number of halogens is 3. The minimum absolute atomic E-state index is 0.0898. The maximum atomic E-state index is 13.4. The highest BCUT2D eigenvalue weighted by molar-refractivity contribution is 5.86. The van der Waals surface area contributed by atoms with Gasteiger partial charge in [-0.25, -0.2) is 4.79 Å². The molecule has 55 heavy (non-hydrogen) atoms. The number of phenolic OH excluding ortho intramolecular Hbond substituents is 1. The van der Waals surface area contributed by atoms with E-state index in [4.69, 9.17) is 34.3 Å². The van der Waals surface area contributed by atoms with Crippen molar-refractivity contribution in [3.05, 3.63) is 35.1 Å². The monoisotopic (exact) mass is 789 g/mol. The number of piperidine rings is 1. The van der Waals surface area contributed by atoms with E-state index in [0.717, 1.165) is 5.56 Å². The molecule has 0 radical (unpaired) electrons. The number of nitrogens with one attached hydrogen (secondary N) is 2. The fraction of sp³-hybridized carbons (Fsp3) is 0.545. The van der Waals surface area contributed by atoms with Gasteiger partial charge in [-0.2, -0.15) is 13.2 Å². The van der Waals surface area contributed by atoms with Crippen LogP contribution in [0.25, 0.3) is 0 Å². The first kappa shape index (κ1) is 42.3. The number of aliphatic hydroxyl groups excluding tert-OH is 2. The van der Waals surface area contributed by atoms with Gasteiger partial charge in [-0.15, -0.1) is 0 Å². The summed E-state index contributed by atoms with van der Waals surface area (Å²) in [5, 5.41) is 59.5. The second-order valence-electron chi connectivity index (χ2n) is 13.1. The van der Waals surface area contributed by atoms with Crippen molar-refractivity contribution in [2.45, 2.75) is 86.5 Å². The zero-order valence-corrected chi connectivity index (χ0v) is 29.0. The Hall–Kier alpha value is -5.48. The van der Waals surface area contributed by atoms with Crippen LogP contribution in [0.15, 0.2) is 24.0 Å². The maximum absolute atomic E-state index is 13.4. The molecule has 2 bridgehead atoms. The molecular formula is C33H38F3N3O16. The van der Waals surface area contributed by atoms with Crippen molar-refractivity contribution in [1.29, 1.82) is 0 Å². The lowest BCUT2D eigenvalue weighted by Crippen LogP contribution is -2.75. The number of likely N-dealkylation sites (N-methyl/N-ethyl adjacent to an activating group) is 1. The van der Waals surface area contributed by atoms with Gasteiger partial charge >= 0.3 is 36.0 Å². The average molecular weight is 790 g/mol. The lowest BCUT2D eigenvalue weighted by molar-refractivity contribution is -0.206. The number of ether oxygens (including phenoxy) is 3. The molecule has 1 saturated heterocycles. The first-order chi connectivity index (χ1) is 25.6. The molecule has 2 aliphatic heterocycles. The van der Waals surface area contributed by atoms with Gasteiger partial charge in [0.05, 0.1) is 37.1 Å². The highest BCUT2D eigenvalue weighted by atomic mass is 19.4. The molecule has 8 N–H and O–H groups in total. The smallest absolute Gasteiger partial charge is 0.490 e. The number of carboxylic acids is 3. The number of nitrogens with zero attached hydrogens (tertiary/aromatic N) is 1. The molecule has 302 valence electrons. The summed E-state index contributed by atoms with van der Waals surface area (Å²) in [7, 11) is 1.90. The van der Waals surface area contributed by atoms with E-state index in [1.54, 1.807) is 12.1 Å². The second kappa shape index (κ2) is 16.5. The van der Waals surface area contributed by atoms with Gasteiger partial charge in [0, 0.05) is 25.1 Å². The van der Waals surface area contributed by atoms with Crippen LogP contribution in [0.1, 0.15) is 49.7 Å². The van der Waals surface area contributed by atoms with E-state index in [2.05, 4.69) is 15.5 Å². The fourth-order valence-electron chi connectivity index (χ4n) is 7.37. The third-order valence-corrected chi connectivity index (χ3v) is 9.68. The number of carbonyl (C=O) groups excluding carboxylic acids is 4. The summed E-state index contributed by atoms with van der Waals surface area (Å²) in [5.74, 6) is -8.69. The molecule has 4 aliphatic rings. The lowest BCUT2D eigenvalue weighted by atomic mass is 9.50. The number of alkyl halides is 3. The van der Waals surface area contributed by atoms with Crippen molar-refractivity contribution in [2.24, 2.45) is 0 Å². The van der Waals surface area contributed by atoms with Gasteiger partial charge in [0.25, 0.3) is 0 Å². The molecule has 6 atom stereocenters. The van der Waals surface area contributed by atoms with Gasteiger partial charge in [0.15, 0.2) is 17.6 Å². The molecule has 0 aromatic heterocycles. The van der Waals surface area contributed by atoms with Gasteiger partial charge in [-0.05, 0) is 44.1 Å². The average Bonchev–Trinajstić information content (AvgIpc) is 3.44. The topological polar surface area (TPSA) is 296 Å². The Morgan fingerprint density at radius 3 is 2.02 bits per heavy atom. The summed E-state index contributed by atoms with van der Waals surface area (Å²) in [6.45, 7) is 0.0621. The van der Waals surface area contributed by atoms with Gasteiger partial charge < -0.3 is 55.5 Å². The maximum Gasteiger partial charge on any atom is 0.490 e. The van der Waals surface area contributed by atoms with Gasteiger partial charge in [0.1, 0.15) is 23.6 Å². The lowest BCUT2D eigenvalue weighted by Gasteiger charge is -2.62. The second-order valence-corrected chi connectivity index (χ2v) is 13.1. The Bertz CT molecular complexity index is 1770. The zero-order valence-electron chi connectivity index (χ0n) is 29.0. The van der Waals surface area contributed by atoms with Crippen LogP contribution < -0.4 is 15.4 Å². The summed E-state index contributed by atoms with van der Waals surface area (Å²) in [4.78, 5) is 82.9. The predicted octanol–water partition coefficient (Wildman–Crippen LogP) is -0.919. The van der Waals surface area contributed by atoms with Crippen molar-refractivity contribution in [1.82, 2.24) is 15.5 Å². The van der Waals surface area contributed by atoms with Crippen molar-refractivity contribution in [3.63, 3.8) is 0 Å². The number of benzene rings is 1. The van der Waals surface area contributed by atoms with Crippen molar-refractivity contribution < 1.29 is 91.6 Å². The van der Waals surface area contributed by atoms with Crippen LogP contribution >= 0.6 is 0 Å². The van der Waals surface area contributed by atoms with Crippen LogP contribution in [-0.4, -0.2) is 140 Å². The number of hydrogen-bond acceptors (Lipinski definition) is 14. The summed E-state index contributed by atoms with van der Waals surface area (Å²) in [6, 6.07) is 2.93. The minimum Gasteiger partial charge on any atom is -0.504 e. The Labute approximate surface area is 308 Å². The number of amides is 2. The number of phenols is 1. The molecule has 5 rings (SSSR count). The minimum atomic E-state index is -5.08. The van der Waals surface area contributed by atoms with E-state index in [1.165, 1.54) is 6.07 Å².